The first kappa shape index (κ1) is 9.27. The van der Waals surface area contributed by atoms with Gasteiger partial charge in [0.15, 0.2) is 0 Å². The van der Waals surface area contributed by atoms with E-state index in [9.17, 15) is 5.11 Å². The number of hydrogen-bond donors (Lipinski definition) is 1. The zero-order valence-electron chi connectivity index (χ0n) is 7.17. The van der Waals surface area contributed by atoms with Gasteiger partial charge in [-0.1, -0.05) is 6.92 Å². The number of halogens is 1. The Labute approximate surface area is 94.5 Å². The molecule has 1 N–H and O–H groups in total. The molecule has 1 aromatic heterocycles. The molecule has 0 amide bonds. The largest absolute Gasteiger partial charge is 0.507 e. The van der Waals surface area contributed by atoms with Crippen molar-refractivity contribution in [2.45, 2.75) is 13.3 Å². The van der Waals surface area contributed by atoms with Crippen molar-refractivity contribution in [3.05, 3.63) is 26.6 Å². The third kappa shape index (κ3) is 1.44. The van der Waals surface area contributed by atoms with E-state index < -0.39 is 0 Å². The molecule has 0 radical (unpaired) electrons. The summed E-state index contributed by atoms with van der Waals surface area (Å²) in [6.07, 6.45) is 0.883. The highest BCUT2D eigenvalue weighted by Gasteiger charge is 2.09. The molecule has 13 heavy (non-hydrogen) atoms. The van der Waals surface area contributed by atoms with E-state index in [4.69, 9.17) is 0 Å². The minimum atomic E-state index is 0.458. The average molecular weight is 304 g/mol. The number of aryl methyl sites for hydroxylation is 1. The van der Waals surface area contributed by atoms with Crippen LogP contribution in [0.15, 0.2) is 17.5 Å². The van der Waals surface area contributed by atoms with Gasteiger partial charge in [0.1, 0.15) is 5.75 Å². The van der Waals surface area contributed by atoms with E-state index in [1.54, 1.807) is 11.3 Å². The van der Waals surface area contributed by atoms with Gasteiger partial charge in [-0.25, -0.2) is 0 Å². The maximum atomic E-state index is 9.87. The molecule has 0 saturated heterocycles. The predicted molar refractivity (Wildman–Crippen MR) is 65.6 cm³/mol. The number of aromatic hydroxyl groups is 1. The first-order chi connectivity index (χ1) is 6.24. The number of phenols is 1. The quantitative estimate of drug-likeness (QED) is 0.795. The monoisotopic (exact) mass is 304 g/mol. The van der Waals surface area contributed by atoms with E-state index in [-0.39, 0.29) is 0 Å². The maximum Gasteiger partial charge on any atom is 0.127 e. The van der Waals surface area contributed by atoms with Crippen LogP contribution in [0.3, 0.4) is 0 Å². The number of hydrogen-bond acceptors (Lipinski definition) is 2. The van der Waals surface area contributed by atoms with Crippen molar-refractivity contribution in [2.24, 2.45) is 0 Å². The van der Waals surface area contributed by atoms with Crippen molar-refractivity contribution in [2.75, 3.05) is 0 Å². The van der Waals surface area contributed by atoms with Crippen LogP contribution < -0.4 is 0 Å². The highest BCUT2D eigenvalue weighted by atomic mass is 127. The van der Waals surface area contributed by atoms with Gasteiger partial charge in [0.05, 0.1) is 4.70 Å². The summed E-state index contributed by atoms with van der Waals surface area (Å²) in [6.45, 7) is 2.06. The molecule has 2 rings (SSSR count). The SMILES string of the molecule is CCc1cc(I)c2sccc2c1O. The van der Waals surface area contributed by atoms with Crippen LogP contribution in [0.2, 0.25) is 0 Å². The zero-order valence-corrected chi connectivity index (χ0v) is 10.1. The van der Waals surface area contributed by atoms with Gasteiger partial charge in [-0.15, -0.1) is 11.3 Å². The number of benzene rings is 1. The Balaban J connectivity index is 2.85. The topological polar surface area (TPSA) is 20.2 Å². The summed E-state index contributed by atoms with van der Waals surface area (Å²) in [6, 6.07) is 4.05. The normalized spacial score (nSPS) is 10.9. The third-order valence-electron chi connectivity index (χ3n) is 2.12. The summed E-state index contributed by atoms with van der Waals surface area (Å²) in [5.41, 5.74) is 1.04. The van der Waals surface area contributed by atoms with Crippen LogP contribution in [0.25, 0.3) is 10.1 Å². The van der Waals surface area contributed by atoms with Gasteiger partial charge in [0.25, 0.3) is 0 Å². The first-order valence-electron chi connectivity index (χ1n) is 4.11. The Morgan fingerprint density at radius 1 is 1.54 bits per heavy atom. The lowest BCUT2D eigenvalue weighted by molar-refractivity contribution is 0.475. The molecule has 0 aliphatic heterocycles. The van der Waals surface area contributed by atoms with Crippen LogP contribution in [0, 0.1) is 3.57 Å². The fraction of sp³-hybridized carbons (Fsp3) is 0.200. The number of fused-ring (bicyclic) bond motifs is 1. The molecule has 0 fully saturated rings. The lowest BCUT2D eigenvalue weighted by Gasteiger charge is -2.04. The molecular weight excluding hydrogens is 295 g/mol. The van der Waals surface area contributed by atoms with Gasteiger partial charge < -0.3 is 5.11 Å². The second kappa shape index (κ2) is 3.46. The molecule has 1 heterocycles. The Bertz CT molecular complexity index is 447. The minimum Gasteiger partial charge on any atom is -0.507 e. The van der Waals surface area contributed by atoms with E-state index in [0.717, 1.165) is 17.4 Å². The Morgan fingerprint density at radius 2 is 2.31 bits per heavy atom. The summed E-state index contributed by atoms with van der Waals surface area (Å²) in [7, 11) is 0. The average Bonchev–Trinajstić information content (AvgIpc) is 2.60. The number of phenolic OH excluding ortho intramolecular Hbond substituents is 1. The van der Waals surface area contributed by atoms with Crippen LogP contribution in [-0.4, -0.2) is 5.11 Å². The van der Waals surface area contributed by atoms with Gasteiger partial charge in [0, 0.05) is 8.96 Å². The summed E-state index contributed by atoms with van der Waals surface area (Å²) in [5, 5.41) is 12.9. The van der Waals surface area contributed by atoms with Crippen LogP contribution >= 0.6 is 33.9 Å². The fourth-order valence-corrected chi connectivity index (χ4v) is 3.26. The summed E-state index contributed by atoms with van der Waals surface area (Å²) in [4.78, 5) is 0. The molecule has 3 heteroatoms. The second-order valence-electron chi connectivity index (χ2n) is 2.88. The Kier molecular flexibility index (Phi) is 2.47. The molecule has 0 aliphatic carbocycles. The third-order valence-corrected chi connectivity index (χ3v) is 4.29. The van der Waals surface area contributed by atoms with Crippen molar-refractivity contribution in [1.82, 2.24) is 0 Å². The highest BCUT2D eigenvalue weighted by Crippen LogP contribution is 2.35. The van der Waals surface area contributed by atoms with Gasteiger partial charge in [0.2, 0.25) is 0 Å². The first-order valence-corrected chi connectivity index (χ1v) is 6.07. The molecule has 1 aromatic carbocycles. The van der Waals surface area contributed by atoms with Crippen molar-refractivity contribution < 1.29 is 5.11 Å². The lowest BCUT2D eigenvalue weighted by Crippen LogP contribution is -1.83. The van der Waals surface area contributed by atoms with Crippen molar-refractivity contribution in [1.29, 1.82) is 0 Å². The highest BCUT2D eigenvalue weighted by molar-refractivity contribution is 14.1. The summed E-state index contributed by atoms with van der Waals surface area (Å²) < 4.78 is 2.42. The van der Waals surface area contributed by atoms with E-state index in [1.165, 1.54) is 8.27 Å². The van der Waals surface area contributed by atoms with Gasteiger partial charge in [-0.2, -0.15) is 0 Å². The van der Waals surface area contributed by atoms with E-state index in [0.29, 0.717) is 5.75 Å². The number of rotatable bonds is 1. The van der Waals surface area contributed by atoms with E-state index in [2.05, 4.69) is 35.6 Å². The van der Waals surface area contributed by atoms with Gasteiger partial charge in [-0.05, 0) is 52.1 Å². The lowest BCUT2D eigenvalue weighted by atomic mass is 10.1. The summed E-state index contributed by atoms with van der Waals surface area (Å²) >= 11 is 4.00. The molecule has 0 aliphatic rings. The molecule has 0 unspecified atom stereocenters. The van der Waals surface area contributed by atoms with Crippen molar-refractivity contribution >= 4 is 44.0 Å². The Hall–Kier alpha value is -0.290. The smallest absolute Gasteiger partial charge is 0.127 e. The fourth-order valence-electron chi connectivity index (χ4n) is 1.41. The molecule has 1 nitrogen and oxygen atoms in total. The molecular formula is C10H9IOS. The zero-order chi connectivity index (χ0) is 9.42. The predicted octanol–water partition coefficient (Wildman–Crippen LogP) is 3.77. The number of thiophene rings is 1. The molecule has 68 valence electrons. The van der Waals surface area contributed by atoms with Crippen molar-refractivity contribution in [3.63, 3.8) is 0 Å². The molecule has 0 spiro atoms. The van der Waals surface area contributed by atoms with E-state index in [1.807, 2.05) is 11.4 Å². The van der Waals surface area contributed by atoms with Crippen LogP contribution in [0.5, 0.6) is 5.75 Å². The molecule has 0 atom stereocenters. The molecule has 0 bridgehead atoms. The minimum absolute atomic E-state index is 0.458. The van der Waals surface area contributed by atoms with Gasteiger partial charge in [-0.3, -0.25) is 0 Å². The Morgan fingerprint density at radius 3 is 3.00 bits per heavy atom. The van der Waals surface area contributed by atoms with Crippen LogP contribution in [0.4, 0.5) is 0 Å². The van der Waals surface area contributed by atoms with Crippen LogP contribution in [-0.2, 0) is 6.42 Å². The molecule has 0 saturated carbocycles. The van der Waals surface area contributed by atoms with E-state index >= 15 is 0 Å². The molecule has 2 aromatic rings. The standard InChI is InChI=1S/C10H9IOS/c1-2-6-5-8(11)10-7(9(6)12)3-4-13-10/h3-5,12H,2H2,1H3. The van der Waals surface area contributed by atoms with Gasteiger partial charge >= 0.3 is 0 Å². The van der Waals surface area contributed by atoms with Crippen LogP contribution in [0.1, 0.15) is 12.5 Å². The summed E-state index contributed by atoms with van der Waals surface area (Å²) in [5.74, 6) is 0.458. The van der Waals surface area contributed by atoms with Crippen molar-refractivity contribution in [3.8, 4) is 5.75 Å². The maximum absolute atomic E-state index is 9.87. The second-order valence-corrected chi connectivity index (χ2v) is 4.96.